The Labute approximate surface area is 50.4 Å². The molecule has 0 aromatic heterocycles. The fourth-order valence-electron chi connectivity index (χ4n) is 0.406. The maximum absolute atomic E-state index is 11.8. The van der Waals surface area contributed by atoms with Gasteiger partial charge in [0.25, 0.3) is 0 Å². The first-order valence-electron chi connectivity index (χ1n) is 2.91. The van der Waals surface area contributed by atoms with Crippen molar-refractivity contribution in [3.05, 3.63) is 11.6 Å². The molecule has 8 heavy (non-hydrogen) atoms. The minimum atomic E-state index is -0.240. The highest BCUT2D eigenvalue weighted by molar-refractivity contribution is 4.99. The standard InChI is InChI=1S/C7H13F/c1-4-6(2)7(3)5-8/h4,7H,5H2,1-3H3/b6-4-. The Kier molecular flexibility index (Phi) is 3.49. The Morgan fingerprint density at radius 2 is 2.25 bits per heavy atom. The van der Waals surface area contributed by atoms with E-state index in [1.165, 1.54) is 0 Å². The summed E-state index contributed by atoms with van der Waals surface area (Å²) in [4.78, 5) is 0. The van der Waals surface area contributed by atoms with Gasteiger partial charge in [0.2, 0.25) is 0 Å². The fraction of sp³-hybridized carbons (Fsp3) is 0.714. The van der Waals surface area contributed by atoms with Gasteiger partial charge in [0.15, 0.2) is 0 Å². The van der Waals surface area contributed by atoms with Crippen LogP contribution in [0.25, 0.3) is 0 Å². The molecule has 0 rings (SSSR count). The summed E-state index contributed by atoms with van der Waals surface area (Å²) in [6.07, 6.45) is 1.95. The van der Waals surface area contributed by atoms with Crippen LogP contribution in [-0.2, 0) is 0 Å². The predicted molar refractivity (Wildman–Crippen MR) is 34.6 cm³/mol. The Hall–Kier alpha value is -0.330. The minimum Gasteiger partial charge on any atom is -0.250 e. The van der Waals surface area contributed by atoms with Crippen molar-refractivity contribution in [1.29, 1.82) is 0 Å². The Morgan fingerprint density at radius 1 is 1.75 bits per heavy atom. The van der Waals surface area contributed by atoms with E-state index in [9.17, 15) is 4.39 Å². The second-order valence-electron chi connectivity index (χ2n) is 2.09. The fourth-order valence-corrected chi connectivity index (χ4v) is 0.406. The summed E-state index contributed by atoms with van der Waals surface area (Å²) in [5, 5.41) is 0. The molecule has 0 aliphatic rings. The van der Waals surface area contributed by atoms with Crippen molar-refractivity contribution < 1.29 is 4.39 Å². The highest BCUT2D eigenvalue weighted by Crippen LogP contribution is 2.08. The molecule has 1 unspecified atom stereocenters. The van der Waals surface area contributed by atoms with Crippen LogP contribution in [0.15, 0.2) is 11.6 Å². The molecule has 48 valence electrons. The molecule has 0 saturated carbocycles. The topological polar surface area (TPSA) is 0 Å². The molecule has 1 atom stereocenters. The van der Waals surface area contributed by atoms with Gasteiger partial charge in [-0.15, -0.1) is 0 Å². The van der Waals surface area contributed by atoms with E-state index in [1.54, 1.807) is 0 Å². The monoisotopic (exact) mass is 116 g/mol. The maximum atomic E-state index is 11.8. The second kappa shape index (κ2) is 3.65. The van der Waals surface area contributed by atoms with Gasteiger partial charge >= 0.3 is 0 Å². The number of alkyl halides is 1. The van der Waals surface area contributed by atoms with Crippen LogP contribution in [0.1, 0.15) is 20.8 Å². The van der Waals surface area contributed by atoms with Gasteiger partial charge in [0, 0.05) is 5.92 Å². The van der Waals surface area contributed by atoms with Gasteiger partial charge in [-0.05, 0) is 13.8 Å². The zero-order chi connectivity index (χ0) is 6.57. The van der Waals surface area contributed by atoms with Crippen LogP contribution in [0.4, 0.5) is 4.39 Å². The third kappa shape index (κ3) is 2.10. The largest absolute Gasteiger partial charge is 0.250 e. The molecule has 0 aromatic rings. The normalized spacial score (nSPS) is 16.2. The first-order chi connectivity index (χ1) is 3.72. The van der Waals surface area contributed by atoms with Gasteiger partial charge in [-0.2, -0.15) is 0 Å². The van der Waals surface area contributed by atoms with Crippen molar-refractivity contribution in [2.24, 2.45) is 5.92 Å². The third-order valence-electron chi connectivity index (χ3n) is 1.46. The summed E-state index contributed by atoms with van der Waals surface area (Å²) in [7, 11) is 0. The van der Waals surface area contributed by atoms with Gasteiger partial charge in [-0.1, -0.05) is 18.6 Å². The zero-order valence-corrected chi connectivity index (χ0v) is 5.74. The summed E-state index contributed by atoms with van der Waals surface area (Å²) in [6, 6.07) is 0. The lowest BCUT2D eigenvalue weighted by Crippen LogP contribution is -1.96. The minimum absolute atomic E-state index is 0.111. The lowest BCUT2D eigenvalue weighted by Gasteiger charge is -2.03. The Morgan fingerprint density at radius 3 is 2.38 bits per heavy atom. The number of hydrogen-bond acceptors (Lipinski definition) is 0. The molecule has 0 spiro atoms. The van der Waals surface area contributed by atoms with Gasteiger partial charge in [-0.3, -0.25) is 4.39 Å². The molecule has 0 heterocycles. The first kappa shape index (κ1) is 7.67. The SMILES string of the molecule is C/C=C(/C)C(C)CF. The van der Waals surface area contributed by atoms with E-state index < -0.39 is 0 Å². The molecular formula is C7H13F. The van der Waals surface area contributed by atoms with E-state index in [0.717, 1.165) is 5.57 Å². The van der Waals surface area contributed by atoms with Crippen molar-refractivity contribution in [3.8, 4) is 0 Å². The third-order valence-corrected chi connectivity index (χ3v) is 1.46. The number of allylic oxidation sites excluding steroid dienone is 2. The van der Waals surface area contributed by atoms with E-state index in [1.807, 2.05) is 26.8 Å². The van der Waals surface area contributed by atoms with Gasteiger partial charge in [0.05, 0.1) is 6.67 Å². The van der Waals surface area contributed by atoms with Crippen molar-refractivity contribution in [2.75, 3.05) is 6.67 Å². The van der Waals surface area contributed by atoms with Crippen molar-refractivity contribution in [2.45, 2.75) is 20.8 Å². The van der Waals surface area contributed by atoms with Gasteiger partial charge in [-0.25, -0.2) is 0 Å². The molecule has 0 saturated heterocycles. The quantitative estimate of drug-likeness (QED) is 0.486. The summed E-state index contributed by atoms with van der Waals surface area (Å²) in [5.74, 6) is 0.111. The number of hydrogen-bond donors (Lipinski definition) is 0. The number of halogens is 1. The van der Waals surface area contributed by atoms with Gasteiger partial charge in [0.1, 0.15) is 0 Å². The molecule has 0 amide bonds. The number of rotatable bonds is 2. The molecule has 0 nitrogen and oxygen atoms in total. The van der Waals surface area contributed by atoms with E-state index in [2.05, 4.69) is 0 Å². The predicted octanol–water partition coefficient (Wildman–Crippen LogP) is 2.56. The summed E-state index contributed by atoms with van der Waals surface area (Å²) in [5.41, 5.74) is 1.13. The summed E-state index contributed by atoms with van der Waals surface area (Å²) in [6.45, 7) is 5.53. The first-order valence-corrected chi connectivity index (χ1v) is 2.91. The molecular weight excluding hydrogens is 103 g/mol. The zero-order valence-electron chi connectivity index (χ0n) is 5.74. The van der Waals surface area contributed by atoms with Crippen molar-refractivity contribution in [3.63, 3.8) is 0 Å². The van der Waals surface area contributed by atoms with Crippen LogP contribution in [-0.4, -0.2) is 6.67 Å². The smallest absolute Gasteiger partial charge is 0.0956 e. The van der Waals surface area contributed by atoms with E-state index in [-0.39, 0.29) is 12.6 Å². The van der Waals surface area contributed by atoms with E-state index >= 15 is 0 Å². The molecule has 0 N–H and O–H groups in total. The second-order valence-corrected chi connectivity index (χ2v) is 2.09. The van der Waals surface area contributed by atoms with Crippen LogP contribution in [0.3, 0.4) is 0 Å². The Bertz CT molecular complexity index is 84.4. The highest BCUT2D eigenvalue weighted by Gasteiger charge is 1.99. The van der Waals surface area contributed by atoms with Crippen LogP contribution in [0, 0.1) is 5.92 Å². The summed E-state index contributed by atoms with van der Waals surface area (Å²) < 4.78 is 11.8. The average Bonchev–Trinajstić information content (AvgIpc) is 1.84. The molecule has 0 fully saturated rings. The van der Waals surface area contributed by atoms with E-state index in [0.29, 0.717) is 0 Å². The molecule has 1 heteroatoms. The maximum Gasteiger partial charge on any atom is 0.0956 e. The molecule has 0 bridgehead atoms. The summed E-state index contributed by atoms with van der Waals surface area (Å²) >= 11 is 0. The van der Waals surface area contributed by atoms with Gasteiger partial charge < -0.3 is 0 Å². The lowest BCUT2D eigenvalue weighted by atomic mass is 10.1. The highest BCUT2D eigenvalue weighted by atomic mass is 19.1. The Balaban J connectivity index is 3.63. The van der Waals surface area contributed by atoms with Crippen LogP contribution < -0.4 is 0 Å². The molecule has 0 aliphatic heterocycles. The van der Waals surface area contributed by atoms with Crippen LogP contribution >= 0.6 is 0 Å². The molecule has 0 aliphatic carbocycles. The van der Waals surface area contributed by atoms with Crippen molar-refractivity contribution in [1.82, 2.24) is 0 Å². The van der Waals surface area contributed by atoms with E-state index in [4.69, 9.17) is 0 Å². The molecule has 0 aromatic carbocycles. The lowest BCUT2D eigenvalue weighted by molar-refractivity contribution is 0.417. The van der Waals surface area contributed by atoms with Crippen LogP contribution in [0.5, 0.6) is 0 Å². The van der Waals surface area contributed by atoms with Crippen LogP contribution in [0.2, 0.25) is 0 Å². The average molecular weight is 116 g/mol. The van der Waals surface area contributed by atoms with Crippen molar-refractivity contribution >= 4 is 0 Å². The molecule has 0 radical (unpaired) electrons.